The van der Waals surface area contributed by atoms with Crippen LogP contribution >= 0.6 is 27.3 Å². The Hall–Kier alpha value is -2.24. The van der Waals surface area contributed by atoms with Crippen molar-refractivity contribution in [3.8, 4) is 10.4 Å². The summed E-state index contributed by atoms with van der Waals surface area (Å²) in [6.45, 7) is 0. The lowest BCUT2D eigenvalue weighted by molar-refractivity contribution is -0.111. The van der Waals surface area contributed by atoms with Crippen LogP contribution in [0, 0.1) is 5.82 Å². The van der Waals surface area contributed by atoms with Crippen molar-refractivity contribution in [2.75, 3.05) is 5.32 Å². The summed E-state index contributed by atoms with van der Waals surface area (Å²) >= 11 is 4.77. The summed E-state index contributed by atoms with van der Waals surface area (Å²) in [5.74, 6) is -0.848. The molecule has 0 fully saturated rings. The highest BCUT2D eigenvalue weighted by Gasteiger charge is 2.05. The number of amides is 1. The summed E-state index contributed by atoms with van der Waals surface area (Å²) in [7, 11) is 0. The van der Waals surface area contributed by atoms with Crippen molar-refractivity contribution in [3.63, 3.8) is 0 Å². The summed E-state index contributed by atoms with van der Waals surface area (Å²) in [6, 6.07) is 18.5. The van der Waals surface area contributed by atoms with E-state index in [9.17, 15) is 9.18 Å². The SMILES string of the molecule is O=C(/C=C/c1ccc(-c2ccccc2)s1)Nc1ccc(Br)cc1F. The van der Waals surface area contributed by atoms with E-state index in [4.69, 9.17) is 0 Å². The zero-order valence-electron chi connectivity index (χ0n) is 12.5. The molecule has 3 aromatic rings. The number of hydrogen-bond acceptors (Lipinski definition) is 2. The maximum absolute atomic E-state index is 13.7. The molecule has 24 heavy (non-hydrogen) atoms. The van der Waals surface area contributed by atoms with E-state index >= 15 is 0 Å². The van der Waals surface area contributed by atoms with Crippen LogP contribution in [-0.4, -0.2) is 5.91 Å². The molecule has 0 aliphatic carbocycles. The van der Waals surface area contributed by atoms with E-state index in [1.807, 2.05) is 42.5 Å². The van der Waals surface area contributed by atoms with Gasteiger partial charge in [-0.1, -0.05) is 46.3 Å². The van der Waals surface area contributed by atoms with E-state index in [1.54, 1.807) is 23.5 Å². The number of carbonyl (C=O) groups excluding carboxylic acids is 1. The molecule has 2 nitrogen and oxygen atoms in total. The van der Waals surface area contributed by atoms with E-state index < -0.39 is 5.82 Å². The molecule has 0 aliphatic heterocycles. The summed E-state index contributed by atoms with van der Waals surface area (Å²) in [5, 5.41) is 2.53. The lowest BCUT2D eigenvalue weighted by Crippen LogP contribution is -2.09. The van der Waals surface area contributed by atoms with Crippen molar-refractivity contribution in [1.82, 2.24) is 0 Å². The van der Waals surface area contributed by atoms with Crippen LogP contribution in [0.1, 0.15) is 4.88 Å². The molecule has 1 aromatic heterocycles. The molecule has 0 radical (unpaired) electrons. The predicted octanol–water partition coefficient (Wildman–Crippen LogP) is 5.97. The summed E-state index contributed by atoms with van der Waals surface area (Å²) < 4.78 is 14.3. The van der Waals surface area contributed by atoms with Gasteiger partial charge in [0.25, 0.3) is 0 Å². The van der Waals surface area contributed by atoms with Gasteiger partial charge in [0.15, 0.2) is 0 Å². The molecule has 0 saturated heterocycles. The fourth-order valence-electron chi connectivity index (χ4n) is 2.12. The topological polar surface area (TPSA) is 29.1 Å². The number of rotatable bonds is 4. The Bertz CT molecular complexity index is 889. The first kappa shape index (κ1) is 16.6. The molecule has 0 atom stereocenters. The molecule has 1 N–H and O–H groups in total. The quantitative estimate of drug-likeness (QED) is 0.536. The minimum atomic E-state index is -0.478. The molecule has 120 valence electrons. The number of nitrogens with one attached hydrogen (secondary N) is 1. The van der Waals surface area contributed by atoms with Gasteiger partial charge in [-0.05, 0) is 42.0 Å². The minimum Gasteiger partial charge on any atom is -0.320 e. The third-order valence-corrected chi connectivity index (χ3v) is 4.87. The number of thiophene rings is 1. The van der Waals surface area contributed by atoms with E-state index in [0.717, 1.165) is 15.3 Å². The van der Waals surface area contributed by atoms with Gasteiger partial charge in [-0.2, -0.15) is 0 Å². The van der Waals surface area contributed by atoms with Gasteiger partial charge in [0.1, 0.15) is 5.82 Å². The fourth-order valence-corrected chi connectivity index (χ4v) is 3.37. The van der Waals surface area contributed by atoms with Gasteiger partial charge < -0.3 is 5.32 Å². The normalized spacial score (nSPS) is 10.9. The van der Waals surface area contributed by atoms with Crippen LogP contribution in [0.25, 0.3) is 16.5 Å². The standard InChI is InChI=1S/C19H13BrFNOS/c20-14-6-9-17(16(21)12-14)22-19(23)11-8-15-7-10-18(24-15)13-4-2-1-3-5-13/h1-12H,(H,22,23)/b11-8+. The molecule has 1 heterocycles. The van der Waals surface area contributed by atoms with Crippen molar-refractivity contribution in [2.45, 2.75) is 0 Å². The summed E-state index contributed by atoms with van der Waals surface area (Å²) in [6.07, 6.45) is 3.13. The molecule has 0 saturated carbocycles. The van der Waals surface area contributed by atoms with Crippen molar-refractivity contribution in [1.29, 1.82) is 0 Å². The van der Waals surface area contributed by atoms with Crippen molar-refractivity contribution < 1.29 is 9.18 Å². The van der Waals surface area contributed by atoms with Crippen LogP contribution in [0.3, 0.4) is 0 Å². The van der Waals surface area contributed by atoms with Crippen LogP contribution in [0.2, 0.25) is 0 Å². The number of benzene rings is 2. The second kappa shape index (κ2) is 7.55. The summed E-state index contributed by atoms with van der Waals surface area (Å²) in [4.78, 5) is 14.0. The van der Waals surface area contributed by atoms with Gasteiger partial charge in [0.05, 0.1) is 5.69 Å². The average molecular weight is 402 g/mol. The van der Waals surface area contributed by atoms with E-state index in [0.29, 0.717) is 4.47 Å². The maximum Gasteiger partial charge on any atom is 0.248 e. The maximum atomic E-state index is 13.7. The van der Waals surface area contributed by atoms with Gasteiger partial charge in [-0.25, -0.2) is 4.39 Å². The average Bonchev–Trinajstić information content (AvgIpc) is 3.05. The van der Waals surface area contributed by atoms with Gasteiger partial charge in [-0.15, -0.1) is 11.3 Å². The molecule has 0 unspecified atom stereocenters. The zero-order chi connectivity index (χ0) is 16.9. The monoisotopic (exact) mass is 401 g/mol. The molecular weight excluding hydrogens is 389 g/mol. The van der Waals surface area contributed by atoms with E-state index in [1.165, 1.54) is 18.2 Å². The first-order valence-corrected chi connectivity index (χ1v) is 8.82. The zero-order valence-corrected chi connectivity index (χ0v) is 14.9. The molecule has 1 amide bonds. The molecule has 3 rings (SSSR count). The molecule has 0 aliphatic rings. The van der Waals surface area contributed by atoms with Gasteiger partial charge in [-0.3, -0.25) is 4.79 Å². The Balaban J connectivity index is 1.67. The second-order valence-corrected chi connectivity index (χ2v) is 7.05. The highest BCUT2D eigenvalue weighted by atomic mass is 79.9. The van der Waals surface area contributed by atoms with Crippen LogP contribution in [0.5, 0.6) is 0 Å². The third kappa shape index (κ3) is 4.19. The Labute approximate surface area is 151 Å². The molecule has 5 heteroatoms. The minimum absolute atomic E-state index is 0.156. The Kier molecular flexibility index (Phi) is 5.23. The molecule has 0 bridgehead atoms. The molecule has 0 spiro atoms. The lowest BCUT2D eigenvalue weighted by atomic mass is 10.2. The van der Waals surface area contributed by atoms with Gasteiger partial charge in [0, 0.05) is 20.3 Å². The van der Waals surface area contributed by atoms with Crippen molar-refractivity contribution in [3.05, 3.63) is 81.9 Å². The second-order valence-electron chi connectivity index (χ2n) is 5.01. The van der Waals surface area contributed by atoms with Crippen LogP contribution < -0.4 is 5.32 Å². The van der Waals surface area contributed by atoms with Crippen molar-refractivity contribution in [2.24, 2.45) is 0 Å². The van der Waals surface area contributed by atoms with Crippen LogP contribution in [0.15, 0.2) is 71.2 Å². The number of hydrogen-bond donors (Lipinski definition) is 1. The highest BCUT2D eigenvalue weighted by molar-refractivity contribution is 9.10. The van der Waals surface area contributed by atoms with E-state index in [-0.39, 0.29) is 11.6 Å². The van der Waals surface area contributed by atoms with Gasteiger partial charge >= 0.3 is 0 Å². The smallest absolute Gasteiger partial charge is 0.248 e. The molecule has 2 aromatic carbocycles. The van der Waals surface area contributed by atoms with Crippen LogP contribution in [0.4, 0.5) is 10.1 Å². The summed E-state index contributed by atoms with van der Waals surface area (Å²) in [5.41, 5.74) is 1.30. The largest absolute Gasteiger partial charge is 0.320 e. The predicted molar refractivity (Wildman–Crippen MR) is 102 cm³/mol. The Morgan fingerprint density at radius 2 is 1.88 bits per heavy atom. The van der Waals surface area contributed by atoms with Gasteiger partial charge in [0.2, 0.25) is 5.91 Å². The number of anilines is 1. The fraction of sp³-hybridized carbons (Fsp3) is 0. The third-order valence-electron chi connectivity index (χ3n) is 3.27. The lowest BCUT2D eigenvalue weighted by Gasteiger charge is -2.03. The van der Waals surface area contributed by atoms with E-state index in [2.05, 4.69) is 21.2 Å². The highest BCUT2D eigenvalue weighted by Crippen LogP contribution is 2.28. The number of halogens is 2. The first-order chi connectivity index (χ1) is 11.6. The van der Waals surface area contributed by atoms with Crippen molar-refractivity contribution >= 4 is 44.9 Å². The number of carbonyl (C=O) groups is 1. The Morgan fingerprint density at radius 1 is 1.08 bits per heavy atom. The first-order valence-electron chi connectivity index (χ1n) is 7.21. The van der Waals surface area contributed by atoms with Crippen LogP contribution in [-0.2, 0) is 4.79 Å². The Morgan fingerprint density at radius 3 is 2.62 bits per heavy atom. The molecular formula is C19H13BrFNOS.